The molecule has 1 aromatic rings. The van der Waals surface area contributed by atoms with Gasteiger partial charge in [-0.1, -0.05) is 25.0 Å². The Labute approximate surface area is 126 Å². The maximum Gasteiger partial charge on any atom is 0.283 e. The molecule has 1 fully saturated rings. The highest BCUT2D eigenvalue weighted by Gasteiger charge is 2.39. The molecule has 0 amide bonds. The second-order valence-corrected chi connectivity index (χ2v) is 6.31. The molecule has 1 aliphatic rings. The molecule has 0 heterocycles. The van der Waals surface area contributed by atoms with Gasteiger partial charge in [0.2, 0.25) is 0 Å². The Morgan fingerprint density at radius 2 is 2.25 bits per heavy atom. The molecule has 0 spiro atoms. The maximum absolute atomic E-state index is 11.0. The van der Waals surface area contributed by atoms with E-state index in [1.807, 2.05) is 6.07 Å². The first kappa shape index (κ1) is 15.4. The summed E-state index contributed by atoms with van der Waals surface area (Å²) >= 11 is 3.32. The Bertz CT molecular complexity index is 509. The number of halogens is 1. The van der Waals surface area contributed by atoms with E-state index in [-0.39, 0.29) is 11.1 Å². The quantitative estimate of drug-likeness (QED) is 0.650. The Hall–Kier alpha value is -0.980. The molecule has 110 valence electrons. The van der Waals surface area contributed by atoms with Crippen LogP contribution in [0.2, 0.25) is 0 Å². The molecule has 1 saturated carbocycles. The number of hydrogen-bond donors (Lipinski definition) is 2. The molecule has 6 heteroatoms. The summed E-state index contributed by atoms with van der Waals surface area (Å²) < 4.78 is 0.496. The van der Waals surface area contributed by atoms with Crippen LogP contribution in [0.1, 0.15) is 31.2 Å². The van der Waals surface area contributed by atoms with E-state index in [4.69, 9.17) is 5.73 Å². The third-order valence-corrected chi connectivity index (χ3v) is 5.23. The summed E-state index contributed by atoms with van der Waals surface area (Å²) in [6.07, 6.45) is 3.79. The first-order chi connectivity index (χ1) is 9.50. The Morgan fingerprint density at radius 3 is 2.85 bits per heavy atom. The van der Waals surface area contributed by atoms with Crippen LogP contribution in [0.4, 0.5) is 5.69 Å². The van der Waals surface area contributed by atoms with Gasteiger partial charge in [0.05, 0.1) is 15.5 Å². The normalized spacial score (nSPS) is 26.4. The first-order valence-corrected chi connectivity index (χ1v) is 7.59. The van der Waals surface area contributed by atoms with Gasteiger partial charge in [0.1, 0.15) is 0 Å². The number of aliphatic hydroxyl groups excluding tert-OH is 1. The van der Waals surface area contributed by atoms with E-state index in [1.54, 1.807) is 6.07 Å². The average Bonchev–Trinajstić information content (AvgIpc) is 2.43. The fourth-order valence-electron chi connectivity index (χ4n) is 3.03. The van der Waals surface area contributed by atoms with Crippen molar-refractivity contribution in [3.63, 3.8) is 0 Å². The van der Waals surface area contributed by atoms with Gasteiger partial charge in [0.25, 0.3) is 5.69 Å². The van der Waals surface area contributed by atoms with Gasteiger partial charge >= 0.3 is 0 Å². The van der Waals surface area contributed by atoms with E-state index in [1.165, 1.54) is 6.07 Å². The topological polar surface area (TPSA) is 89.4 Å². The van der Waals surface area contributed by atoms with Gasteiger partial charge in [-0.05, 0) is 40.8 Å². The summed E-state index contributed by atoms with van der Waals surface area (Å²) in [5.74, 6) is 0. The fourth-order valence-corrected chi connectivity index (χ4v) is 3.58. The predicted octanol–water partition coefficient (Wildman–Crippen LogP) is 2.78. The second-order valence-electron chi connectivity index (χ2n) is 5.51. The van der Waals surface area contributed by atoms with E-state index in [9.17, 15) is 15.2 Å². The van der Waals surface area contributed by atoms with Crippen LogP contribution < -0.4 is 5.73 Å². The molecule has 5 nitrogen and oxygen atoms in total. The number of aliphatic hydroxyl groups is 1. The predicted molar refractivity (Wildman–Crippen MR) is 80.5 cm³/mol. The molecule has 0 saturated heterocycles. The molecule has 20 heavy (non-hydrogen) atoms. The van der Waals surface area contributed by atoms with Crippen molar-refractivity contribution in [1.29, 1.82) is 0 Å². The van der Waals surface area contributed by atoms with Crippen molar-refractivity contribution in [3.05, 3.63) is 38.3 Å². The second kappa shape index (κ2) is 6.20. The van der Waals surface area contributed by atoms with Gasteiger partial charge in [-0.25, -0.2) is 0 Å². The number of nitro groups is 1. The van der Waals surface area contributed by atoms with E-state index in [0.717, 1.165) is 31.2 Å². The van der Waals surface area contributed by atoms with Gasteiger partial charge in [-0.15, -0.1) is 0 Å². The smallest absolute Gasteiger partial charge is 0.283 e. The minimum Gasteiger partial charge on any atom is -0.392 e. The summed E-state index contributed by atoms with van der Waals surface area (Å²) in [7, 11) is 0. The molecular formula is C14H19BrN2O3. The number of benzene rings is 1. The molecule has 0 aromatic heterocycles. The standard InChI is InChI=1S/C14H19BrN2O3/c15-13-10(4-3-5-11(13)17(19)20)8-14(9-16)7-2-1-6-12(14)18/h3-5,12,18H,1-2,6-9,16H2. The number of hydrogen-bond acceptors (Lipinski definition) is 4. The lowest BCUT2D eigenvalue weighted by atomic mass is 9.68. The van der Waals surface area contributed by atoms with Gasteiger partial charge < -0.3 is 10.8 Å². The average molecular weight is 343 g/mol. The van der Waals surface area contributed by atoms with E-state index >= 15 is 0 Å². The van der Waals surface area contributed by atoms with Crippen LogP contribution in [0.25, 0.3) is 0 Å². The van der Waals surface area contributed by atoms with Gasteiger partial charge in [0, 0.05) is 18.0 Å². The molecule has 2 rings (SSSR count). The first-order valence-electron chi connectivity index (χ1n) is 6.80. The van der Waals surface area contributed by atoms with Crippen molar-refractivity contribution < 1.29 is 10.0 Å². The van der Waals surface area contributed by atoms with Crippen LogP contribution in [0.15, 0.2) is 22.7 Å². The SMILES string of the molecule is NCC1(Cc2cccc([N+](=O)[O-])c2Br)CCCCC1O. The minimum absolute atomic E-state index is 0.0555. The zero-order valence-corrected chi connectivity index (χ0v) is 12.8. The highest BCUT2D eigenvalue weighted by Crippen LogP contribution is 2.41. The van der Waals surface area contributed by atoms with Crippen molar-refractivity contribution in [3.8, 4) is 0 Å². The van der Waals surface area contributed by atoms with Crippen LogP contribution in [-0.4, -0.2) is 22.7 Å². The number of nitrogens with zero attached hydrogens (tertiary/aromatic N) is 1. The zero-order valence-electron chi connectivity index (χ0n) is 11.2. The monoisotopic (exact) mass is 342 g/mol. The molecule has 2 unspecified atom stereocenters. The van der Waals surface area contributed by atoms with Crippen LogP contribution >= 0.6 is 15.9 Å². The third kappa shape index (κ3) is 2.87. The molecule has 0 aliphatic heterocycles. The van der Waals surface area contributed by atoms with Crippen molar-refractivity contribution >= 4 is 21.6 Å². The Balaban J connectivity index is 2.32. The maximum atomic E-state index is 11.0. The van der Waals surface area contributed by atoms with Crippen LogP contribution in [0.3, 0.4) is 0 Å². The molecule has 0 bridgehead atoms. The summed E-state index contributed by atoms with van der Waals surface area (Å²) in [5.41, 5.74) is 6.44. The summed E-state index contributed by atoms with van der Waals surface area (Å²) in [4.78, 5) is 10.6. The van der Waals surface area contributed by atoms with E-state index < -0.39 is 11.0 Å². The van der Waals surface area contributed by atoms with Gasteiger partial charge in [-0.2, -0.15) is 0 Å². The zero-order chi connectivity index (χ0) is 14.8. The summed E-state index contributed by atoms with van der Waals surface area (Å²) in [5, 5.41) is 21.3. The van der Waals surface area contributed by atoms with Gasteiger partial charge in [-0.3, -0.25) is 10.1 Å². The molecule has 3 N–H and O–H groups in total. The molecule has 1 aliphatic carbocycles. The Morgan fingerprint density at radius 1 is 1.50 bits per heavy atom. The lowest BCUT2D eigenvalue weighted by Crippen LogP contribution is -2.45. The van der Waals surface area contributed by atoms with Crippen molar-refractivity contribution in [2.75, 3.05) is 6.54 Å². The van der Waals surface area contributed by atoms with Crippen molar-refractivity contribution in [2.45, 2.75) is 38.2 Å². The van der Waals surface area contributed by atoms with Gasteiger partial charge in [0.15, 0.2) is 0 Å². The third-order valence-electron chi connectivity index (χ3n) is 4.31. The highest BCUT2D eigenvalue weighted by atomic mass is 79.9. The highest BCUT2D eigenvalue weighted by molar-refractivity contribution is 9.10. The van der Waals surface area contributed by atoms with Crippen LogP contribution in [0.5, 0.6) is 0 Å². The number of rotatable bonds is 4. The summed E-state index contributed by atoms with van der Waals surface area (Å²) in [6.45, 7) is 0.392. The molecule has 2 atom stereocenters. The lowest BCUT2D eigenvalue weighted by molar-refractivity contribution is -0.385. The van der Waals surface area contributed by atoms with Crippen molar-refractivity contribution in [2.24, 2.45) is 11.1 Å². The largest absolute Gasteiger partial charge is 0.392 e. The molecular weight excluding hydrogens is 324 g/mol. The van der Waals surface area contributed by atoms with E-state index in [0.29, 0.717) is 17.4 Å². The molecule has 1 aromatic carbocycles. The number of nitro benzene ring substituents is 1. The Kier molecular flexibility index (Phi) is 4.78. The van der Waals surface area contributed by atoms with Crippen molar-refractivity contribution in [1.82, 2.24) is 0 Å². The molecule has 0 radical (unpaired) electrons. The summed E-state index contributed by atoms with van der Waals surface area (Å²) in [6, 6.07) is 5.01. The van der Waals surface area contributed by atoms with E-state index in [2.05, 4.69) is 15.9 Å². The number of nitrogens with two attached hydrogens (primary N) is 1. The van der Waals surface area contributed by atoms with Crippen LogP contribution in [-0.2, 0) is 6.42 Å². The van der Waals surface area contributed by atoms with Crippen LogP contribution in [0, 0.1) is 15.5 Å². The minimum atomic E-state index is -0.438. The fraction of sp³-hybridized carbons (Fsp3) is 0.571. The lowest BCUT2D eigenvalue weighted by Gasteiger charge is -2.41.